The SMILES string of the molecule is CCC(CC)c1nnc(NC(=O)C2(c3ccccc3)CC2)s1. The Morgan fingerprint density at radius 2 is 1.91 bits per heavy atom. The molecule has 5 heteroatoms. The van der Waals surface area contributed by atoms with Crippen molar-refractivity contribution >= 4 is 22.4 Å². The molecule has 0 atom stereocenters. The number of rotatable bonds is 6. The zero-order chi connectivity index (χ0) is 15.6. The largest absolute Gasteiger partial charge is 0.300 e. The Morgan fingerprint density at radius 3 is 2.50 bits per heavy atom. The van der Waals surface area contributed by atoms with Crippen molar-refractivity contribution in [3.05, 3.63) is 40.9 Å². The number of nitrogens with one attached hydrogen (secondary N) is 1. The lowest BCUT2D eigenvalue weighted by molar-refractivity contribution is -0.118. The van der Waals surface area contributed by atoms with Crippen molar-refractivity contribution in [2.45, 2.75) is 50.9 Å². The Labute approximate surface area is 135 Å². The maximum atomic E-state index is 12.6. The van der Waals surface area contributed by atoms with Gasteiger partial charge in [0, 0.05) is 5.92 Å². The first-order valence-electron chi connectivity index (χ1n) is 7.90. The van der Waals surface area contributed by atoms with Crippen LogP contribution < -0.4 is 5.32 Å². The second kappa shape index (κ2) is 6.16. The summed E-state index contributed by atoms with van der Waals surface area (Å²) >= 11 is 1.50. The van der Waals surface area contributed by atoms with E-state index in [-0.39, 0.29) is 11.3 Å². The van der Waals surface area contributed by atoms with Crippen LogP contribution >= 0.6 is 11.3 Å². The molecule has 1 aliphatic rings. The van der Waals surface area contributed by atoms with Crippen LogP contribution in [0.5, 0.6) is 0 Å². The molecule has 1 aromatic heterocycles. The Hall–Kier alpha value is -1.75. The minimum atomic E-state index is -0.359. The van der Waals surface area contributed by atoms with Crippen molar-refractivity contribution in [1.29, 1.82) is 0 Å². The van der Waals surface area contributed by atoms with Gasteiger partial charge in [0.15, 0.2) is 0 Å². The summed E-state index contributed by atoms with van der Waals surface area (Å²) in [5, 5.41) is 13.0. The van der Waals surface area contributed by atoms with Crippen molar-refractivity contribution in [2.24, 2.45) is 0 Å². The van der Waals surface area contributed by atoms with Crippen LogP contribution in [-0.2, 0) is 10.2 Å². The molecule has 0 radical (unpaired) electrons. The van der Waals surface area contributed by atoms with Crippen LogP contribution in [0.3, 0.4) is 0 Å². The fourth-order valence-electron chi connectivity index (χ4n) is 2.83. The molecule has 2 aromatic rings. The summed E-state index contributed by atoms with van der Waals surface area (Å²) in [6.07, 6.45) is 3.90. The van der Waals surface area contributed by atoms with Crippen molar-refractivity contribution in [2.75, 3.05) is 5.32 Å². The van der Waals surface area contributed by atoms with Gasteiger partial charge in [-0.25, -0.2) is 0 Å². The molecule has 0 unspecified atom stereocenters. The highest BCUT2D eigenvalue weighted by Crippen LogP contribution is 2.49. The Kier molecular flexibility index (Phi) is 4.25. The van der Waals surface area contributed by atoms with E-state index in [1.807, 2.05) is 30.3 Å². The Bertz CT molecular complexity index is 645. The number of carbonyl (C=O) groups is 1. The maximum absolute atomic E-state index is 12.6. The van der Waals surface area contributed by atoms with E-state index in [2.05, 4.69) is 29.4 Å². The molecular formula is C17H21N3OS. The smallest absolute Gasteiger partial charge is 0.236 e. The fraction of sp³-hybridized carbons (Fsp3) is 0.471. The molecule has 1 aliphatic carbocycles. The van der Waals surface area contributed by atoms with E-state index in [0.29, 0.717) is 11.0 Å². The summed E-state index contributed by atoms with van der Waals surface area (Å²) < 4.78 is 0. The average Bonchev–Trinajstić information content (AvgIpc) is 3.25. The van der Waals surface area contributed by atoms with Gasteiger partial charge in [-0.15, -0.1) is 10.2 Å². The number of aromatic nitrogens is 2. The quantitative estimate of drug-likeness (QED) is 0.872. The van der Waals surface area contributed by atoms with Gasteiger partial charge in [0.2, 0.25) is 11.0 Å². The molecule has 1 amide bonds. The highest BCUT2D eigenvalue weighted by Gasteiger charge is 2.51. The van der Waals surface area contributed by atoms with Crippen LogP contribution in [0, 0.1) is 0 Å². The molecule has 116 valence electrons. The van der Waals surface area contributed by atoms with E-state index < -0.39 is 0 Å². The van der Waals surface area contributed by atoms with Crippen molar-refractivity contribution in [1.82, 2.24) is 10.2 Å². The highest BCUT2D eigenvalue weighted by atomic mass is 32.1. The van der Waals surface area contributed by atoms with Crippen molar-refractivity contribution in [3.8, 4) is 0 Å². The van der Waals surface area contributed by atoms with Gasteiger partial charge in [0.25, 0.3) is 0 Å². The number of benzene rings is 1. The lowest BCUT2D eigenvalue weighted by atomic mass is 9.95. The molecule has 0 saturated heterocycles. The molecule has 1 heterocycles. The van der Waals surface area contributed by atoms with Gasteiger partial charge in [-0.05, 0) is 31.2 Å². The summed E-state index contributed by atoms with van der Waals surface area (Å²) in [6, 6.07) is 10.0. The van der Waals surface area contributed by atoms with E-state index in [1.54, 1.807) is 0 Å². The number of nitrogens with zero attached hydrogens (tertiary/aromatic N) is 2. The fourth-order valence-corrected chi connectivity index (χ4v) is 3.84. The summed E-state index contributed by atoms with van der Waals surface area (Å²) in [4.78, 5) is 12.6. The minimum absolute atomic E-state index is 0.0472. The molecule has 1 aromatic carbocycles. The maximum Gasteiger partial charge on any atom is 0.236 e. The molecular weight excluding hydrogens is 294 g/mol. The van der Waals surface area contributed by atoms with Crippen LogP contribution in [0.15, 0.2) is 30.3 Å². The van der Waals surface area contributed by atoms with Crippen LogP contribution in [0.25, 0.3) is 0 Å². The minimum Gasteiger partial charge on any atom is -0.300 e. The third kappa shape index (κ3) is 2.77. The summed E-state index contributed by atoms with van der Waals surface area (Å²) in [6.45, 7) is 4.31. The van der Waals surface area contributed by atoms with E-state index >= 15 is 0 Å². The number of hydrogen-bond donors (Lipinski definition) is 1. The van der Waals surface area contributed by atoms with Crippen LogP contribution in [-0.4, -0.2) is 16.1 Å². The molecule has 1 N–H and O–H groups in total. The first-order valence-corrected chi connectivity index (χ1v) is 8.71. The monoisotopic (exact) mass is 315 g/mol. The third-order valence-electron chi connectivity index (χ3n) is 4.51. The summed E-state index contributed by atoms with van der Waals surface area (Å²) in [5.41, 5.74) is 0.736. The highest BCUT2D eigenvalue weighted by molar-refractivity contribution is 7.15. The van der Waals surface area contributed by atoms with E-state index in [4.69, 9.17) is 0 Å². The van der Waals surface area contributed by atoms with Crippen LogP contribution in [0.1, 0.15) is 56.0 Å². The molecule has 0 spiro atoms. The van der Waals surface area contributed by atoms with Crippen LogP contribution in [0.2, 0.25) is 0 Å². The molecule has 0 aliphatic heterocycles. The summed E-state index contributed by atoms with van der Waals surface area (Å²) in [7, 11) is 0. The number of carbonyl (C=O) groups excluding carboxylic acids is 1. The summed E-state index contributed by atoms with van der Waals surface area (Å²) in [5.74, 6) is 0.484. The van der Waals surface area contributed by atoms with E-state index in [9.17, 15) is 4.79 Å². The lowest BCUT2D eigenvalue weighted by Crippen LogP contribution is -2.27. The average molecular weight is 315 g/mol. The van der Waals surface area contributed by atoms with Gasteiger partial charge in [-0.2, -0.15) is 0 Å². The normalized spacial score (nSPS) is 15.8. The number of anilines is 1. The predicted molar refractivity (Wildman–Crippen MR) is 89.2 cm³/mol. The zero-order valence-corrected chi connectivity index (χ0v) is 13.8. The van der Waals surface area contributed by atoms with Gasteiger partial charge < -0.3 is 0 Å². The molecule has 4 nitrogen and oxygen atoms in total. The molecule has 0 bridgehead atoms. The van der Waals surface area contributed by atoms with Crippen molar-refractivity contribution < 1.29 is 4.79 Å². The molecule has 22 heavy (non-hydrogen) atoms. The van der Waals surface area contributed by atoms with Gasteiger partial charge in [-0.1, -0.05) is 55.5 Å². The first kappa shape index (κ1) is 15.2. The second-order valence-electron chi connectivity index (χ2n) is 5.86. The third-order valence-corrected chi connectivity index (χ3v) is 5.51. The Morgan fingerprint density at radius 1 is 1.23 bits per heavy atom. The predicted octanol–water partition coefficient (Wildman–Crippen LogP) is 4.11. The number of amides is 1. The van der Waals surface area contributed by atoms with Crippen molar-refractivity contribution in [3.63, 3.8) is 0 Å². The first-order chi connectivity index (χ1) is 10.7. The lowest BCUT2D eigenvalue weighted by Gasteiger charge is -2.14. The standard InChI is InChI=1S/C17H21N3OS/c1-3-12(4-2)14-19-20-16(22-14)18-15(21)17(10-11-17)13-8-6-5-7-9-13/h5-9,12H,3-4,10-11H2,1-2H3,(H,18,20,21). The van der Waals surface area contributed by atoms with Crippen LogP contribution in [0.4, 0.5) is 5.13 Å². The van der Waals surface area contributed by atoms with E-state index in [0.717, 1.165) is 36.3 Å². The Balaban J connectivity index is 1.73. The van der Waals surface area contributed by atoms with Gasteiger partial charge in [-0.3, -0.25) is 10.1 Å². The second-order valence-corrected chi connectivity index (χ2v) is 6.87. The van der Waals surface area contributed by atoms with E-state index in [1.165, 1.54) is 11.3 Å². The number of hydrogen-bond acceptors (Lipinski definition) is 4. The van der Waals surface area contributed by atoms with Gasteiger partial charge in [0.1, 0.15) is 5.01 Å². The zero-order valence-electron chi connectivity index (χ0n) is 13.0. The van der Waals surface area contributed by atoms with Gasteiger partial charge >= 0.3 is 0 Å². The molecule has 1 fully saturated rings. The topological polar surface area (TPSA) is 54.9 Å². The molecule has 1 saturated carbocycles. The van der Waals surface area contributed by atoms with Gasteiger partial charge in [0.05, 0.1) is 5.41 Å². The molecule has 3 rings (SSSR count).